The minimum absolute atomic E-state index is 0.379. The van der Waals surface area contributed by atoms with E-state index in [1.165, 1.54) is 6.20 Å². The van der Waals surface area contributed by atoms with Gasteiger partial charge < -0.3 is 5.11 Å². The number of nitrogens with zero attached hydrogens (tertiary/aromatic N) is 1. The molecule has 1 atom stereocenters. The first kappa shape index (κ1) is 11.9. The Morgan fingerprint density at radius 2 is 2.12 bits per heavy atom. The predicted molar refractivity (Wildman–Crippen MR) is 67.4 cm³/mol. The maximum atomic E-state index is 10.1. The number of halogens is 2. The molecule has 84 valence electrons. The van der Waals surface area contributed by atoms with Gasteiger partial charge in [-0.2, -0.15) is 0 Å². The largest absolute Gasteiger partial charge is 0.382 e. The number of hydrogen-bond donors (Lipinski definition) is 1. The highest BCUT2D eigenvalue weighted by Gasteiger charge is 2.16. The van der Waals surface area contributed by atoms with Crippen LogP contribution in [0.5, 0.6) is 0 Å². The Balaban J connectivity index is 2.37. The van der Waals surface area contributed by atoms with Crippen molar-refractivity contribution in [3.05, 3.63) is 49.9 Å². The highest BCUT2D eigenvalue weighted by Crippen LogP contribution is 2.30. The molecule has 16 heavy (non-hydrogen) atoms. The second kappa shape index (κ2) is 4.72. The molecule has 0 fully saturated rings. The normalized spacial score (nSPS) is 12.8. The summed E-state index contributed by atoms with van der Waals surface area (Å²) in [7, 11) is 0. The van der Waals surface area contributed by atoms with E-state index in [1.807, 2.05) is 18.4 Å². The zero-order chi connectivity index (χ0) is 11.7. The molecule has 2 aromatic heterocycles. The van der Waals surface area contributed by atoms with E-state index in [9.17, 15) is 5.11 Å². The number of aromatic nitrogens is 1. The Labute approximate surface area is 107 Å². The van der Waals surface area contributed by atoms with Crippen molar-refractivity contribution in [3.8, 4) is 0 Å². The van der Waals surface area contributed by atoms with Crippen LogP contribution in [0.1, 0.15) is 22.2 Å². The van der Waals surface area contributed by atoms with Gasteiger partial charge in [-0.3, -0.25) is 4.98 Å². The smallest absolute Gasteiger partial charge is 0.123 e. The highest BCUT2D eigenvalue weighted by molar-refractivity contribution is 7.10. The summed E-state index contributed by atoms with van der Waals surface area (Å²) in [6.07, 6.45) is 0.681. The third-order valence-corrected chi connectivity index (χ3v) is 3.55. The SMILES string of the molecule is Cc1cc(C(O)c2ncc(Cl)cc2Cl)cs1. The van der Waals surface area contributed by atoms with Crippen molar-refractivity contribution in [2.45, 2.75) is 13.0 Å². The Morgan fingerprint density at radius 1 is 1.38 bits per heavy atom. The van der Waals surface area contributed by atoms with Crippen LogP contribution in [-0.4, -0.2) is 10.1 Å². The number of hydrogen-bond acceptors (Lipinski definition) is 3. The first-order valence-corrected chi connectivity index (χ1v) is 6.25. The van der Waals surface area contributed by atoms with Crippen LogP contribution in [0.4, 0.5) is 0 Å². The van der Waals surface area contributed by atoms with Crippen molar-refractivity contribution in [2.24, 2.45) is 0 Å². The number of thiophene rings is 1. The van der Waals surface area contributed by atoms with E-state index in [4.69, 9.17) is 23.2 Å². The standard InChI is InChI=1S/C11H9Cl2NOS/c1-6-2-7(5-16-6)11(15)10-9(13)3-8(12)4-14-10/h2-5,11,15H,1H3. The molecule has 0 aliphatic carbocycles. The van der Waals surface area contributed by atoms with Gasteiger partial charge in [-0.15, -0.1) is 11.3 Å². The molecule has 2 aromatic rings. The Hall–Kier alpha value is -0.610. The van der Waals surface area contributed by atoms with Gasteiger partial charge in [0.15, 0.2) is 0 Å². The van der Waals surface area contributed by atoms with Crippen molar-refractivity contribution in [1.29, 1.82) is 0 Å². The van der Waals surface area contributed by atoms with Crippen molar-refractivity contribution in [1.82, 2.24) is 4.98 Å². The van der Waals surface area contributed by atoms with Gasteiger partial charge in [0.05, 0.1) is 15.7 Å². The molecule has 5 heteroatoms. The van der Waals surface area contributed by atoms with Crippen LogP contribution in [0.3, 0.4) is 0 Å². The molecule has 0 aromatic carbocycles. The first-order valence-electron chi connectivity index (χ1n) is 4.62. The Bertz CT molecular complexity index is 512. The summed E-state index contributed by atoms with van der Waals surface area (Å²) >= 11 is 13.3. The Morgan fingerprint density at radius 3 is 2.69 bits per heavy atom. The number of aliphatic hydroxyl groups excluding tert-OH is 1. The van der Waals surface area contributed by atoms with Crippen LogP contribution in [0.25, 0.3) is 0 Å². The average molecular weight is 274 g/mol. The van der Waals surface area contributed by atoms with Crippen LogP contribution in [0.15, 0.2) is 23.7 Å². The summed E-state index contributed by atoms with van der Waals surface area (Å²) in [6, 6.07) is 3.50. The molecule has 0 saturated carbocycles. The fraction of sp³-hybridized carbons (Fsp3) is 0.182. The van der Waals surface area contributed by atoms with E-state index in [2.05, 4.69) is 4.98 Å². The molecule has 2 rings (SSSR count). The zero-order valence-corrected chi connectivity index (χ0v) is 10.8. The van der Waals surface area contributed by atoms with E-state index in [0.717, 1.165) is 10.4 Å². The van der Waals surface area contributed by atoms with Crippen molar-refractivity contribution in [3.63, 3.8) is 0 Å². The van der Waals surface area contributed by atoms with Crippen molar-refractivity contribution >= 4 is 34.5 Å². The molecule has 1 N–H and O–H groups in total. The average Bonchev–Trinajstić information content (AvgIpc) is 2.64. The monoisotopic (exact) mass is 273 g/mol. The van der Waals surface area contributed by atoms with Gasteiger partial charge in [0.1, 0.15) is 6.10 Å². The van der Waals surface area contributed by atoms with E-state index >= 15 is 0 Å². The molecule has 0 amide bonds. The third kappa shape index (κ3) is 2.38. The lowest BCUT2D eigenvalue weighted by Crippen LogP contribution is -2.01. The lowest BCUT2D eigenvalue weighted by atomic mass is 10.1. The number of pyridine rings is 1. The van der Waals surface area contributed by atoms with E-state index in [-0.39, 0.29) is 0 Å². The van der Waals surface area contributed by atoms with E-state index < -0.39 is 6.10 Å². The number of rotatable bonds is 2. The van der Waals surface area contributed by atoms with Crippen LogP contribution in [0, 0.1) is 6.92 Å². The second-order valence-corrected chi connectivity index (χ2v) is 5.37. The van der Waals surface area contributed by atoms with Gasteiger partial charge in [0.25, 0.3) is 0 Å². The van der Waals surface area contributed by atoms with Crippen molar-refractivity contribution < 1.29 is 5.11 Å². The summed E-state index contributed by atoms with van der Waals surface area (Å²) in [4.78, 5) is 5.19. The highest BCUT2D eigenvalue weighted by atomic mass is 35.5. The van der Waals surface area contributed by atoms with Crippen LogP contribution in [-0.2, 0) is 0 Å². The fourth-order valence-electron chi connectivity index (χ4n) is 1.39. The zero-order valence-electron chi connectivity index (χ0n) is 8.45. The molecule has 0 bridgehead atoms. The topological polar surface area (TPSA) is 33.1 Å². The summed E-state index contributed by atoms with van der Waals surface area (Å²) in [5, 5.41) is 12.8. The van der Waals surface area contributed by atoms with Gasteiger partial charge in [-0.05, 0) is 30.0 Å². The molecule has 0 spiro atoms. The van der Waals surface area contributed by atoms with Crippen LogP contribution >= 0.6 is 34.5 Å². The number of aryl methyl sites for hydroxylation is 1. The van der Waals surface area contributed by atoms with Gasteiger partial charge >= 0.3 is 0 Å². The minimum Gasteiger partial charge on any atom is -0.382 e. The first-order chi connectivity index (χ1) is 7.58. The van der Waals surface area contributed by atoms with Gasteiger partial charge in [-0.1, -0.05) is 23.2 Å². The summed E-state index contributed by atoms with van der Waals surface area (Å²) in [6.45, 7) is 1.98. The summed E-state index contributed by atoms with van der Waals surface area (Å²) in [5.74, 6) is 0. The van der Waals surface area contributed by atoms with Gasteiger partial charge in [0, 0.05) is 11.1 Å². The molecular weight excluding hydrogens is 265 g/mol. The second-order valence-electron chi connectivity index (χ2n) is 3.41. The summed E-state index contributed by atoms with van der Waals surface area (Å²) < 4.78 is 0. The molecule has 1 unspecified atom stereocenters. The molecule has 2 nitrogen and oxygen atoms in total. The Kier molecular flexibility index (Phi) is 3.50. The predicted octanol–water partition coefficient (Wildman–Crippen LogP) is 3.84. The van der Waals surface area contributed by atoms with Crippen LogP contribution < -0.4 is 0 Å². The minimum atomic E-state index is -0.797. The van der Waals surface area contributed by atoms with Crippen LogP contribution in [0.2, 0.25) is 10.0 Å². The molecule has 2 heterocycles. The lowest BCUT2D eigenvalue weighted by molar-refractivity contribution is 0.216. The molecule has 0 radical (unpaired) electrons. The quantitative estimate of drug-likeness (QED) is 0.902. The van der Waals surface area contributed by atoms with Crippen molar-refractivity contribution in [2.75, 3.05) is 0 Å². The molecule has 0 aliphatic heterocycles. The van der Waals surface area contributed by atoms with Gasteiger partial charge in [-0.25, -0.2) is 0 Å². The summed E-state index contributed by atoms with van der Waals surface area (Å²) in [5.41, 5.74) is 1.24. The molecule has 0 saturated heterocycles. The third-order valence-electron chi connectivity index (χ3n) is 2.16. The molecular formula is C11H9Cl2NOS. The maximum absolute atomic E-state index is 10.1. The number of aliphatic hydroxyl groups is 1. The van der Waals surface area contributed by atoms with E-state index in [0.29, 0.717) is 15.7 Å². The molecule has 0 aliphatic rings. The van der Waals surface area contributed by atoms with Gasteiger partial charge in [0.2, 0.25) is 0 Å². The fourth-order valence-corrected chi connectivity index (χ4v) is 2.60. The lowest BCUT2D eigenvalue weighted by Gasteiger charge is -2.10. The van der Waals surface area contributed by atoms with E-state index in [1.54, 1.807) is 17.4 Å². The maximum Gasteiger partial charge on any atom is 0.123 e.